The number of benzene rings is 1. The molecule has 0 unspecified atom stereocenters. The molecule has 0 bridgehead atoms. The van der Waals surface area contributed by atoms with E-state index in [1.54, 1.807) is 11.3 Å². The van der Waals surface area contributed by atoms with Gasteiger partial charge >= 0.3 is 0 Å². The highest BCUT2D eigenvalue weighted by Gasteiger charge is 2.11. The molecule has 0 saturated carbocycles. The summed E-state index contributed by atoms with van der Waals surface area (Å²) in [7, 11) is 0. The van der Waals surface area contributed by atoms with Crippen molar-refractivity contribution in [3.05, 3.63) is 56.8 Å². The molecule has 0 aliphatic rings. The zero-order valence-corrected chi connectivity index (χ0v) is 11.7. The summed E-state index contributed by atoms with van der Waals surface area (Å²) in [5.41, 5.74) is 3.16. The summed E-state index contributed by atoms with van der Waals surface area (Å²) in [5, 5.41) is 2.98. The molecule has 0 fully saturated rings. The van der Waals surface area contributed by atoms with Crippen molar-refractivity contribution < 1.29 is 4.79 Å². The van der Waals surface area contributed by atoms with Crippen molar-refractivity contribution in [1.82, 2.24) is 5.32 Å². The van der Waals surface area contributed by atoms with E-state index in [-0.39, 0.29) is 5.91 Å². The number of amides is 1. The molecule has 2 aromatic rings. The molecule has 0 atom stereocenters. The highest BCUT2D eigenvalue weighted by atomic mass is 32.1. The fourth-order valence-corrected chi connectivity index (χ4v) is 2.86. The predicted octanol–water partition coefficient (Wildman–Crippen LogP) is 3.60. The first-order chi connectivity index (χ1) is 8.58. The minimum absolute atomic E-state index is 0.0140. The number of nitrogens with one attached hydrogen (secondary N) is 1. The molecule has 1 amide bonds. The summed E-state index contributed by atoms with van der Waals surface area (Å²) in [4.78, 5) is 14.3. The maximum atomic E-state index is 12.1. The molecular formula is C15H17NOS. The van der Waals surface area contributed by atoms with Crippen LogP contribution in [0.15, 0.2) is 30.3 Å². The lowest BCUT2D eigenvalue weighted by Crippen LogP contribution is -2.23. The number of thiophene rings is 1. The summed E-state index contributed by atoms with van der Waals surface area (Å²) in [5.74, 6) is 0.0140. The van der Waals surface area contributed by atoms with Crippen LogP contribution in [-0.4, -0.2) is 5.91 Å². The Hall–Kier alpha value is -1.61. The van der Waals surface area contributed by atoms with Crippen LogP contribution in [0.4, 0.5) is 0 Å². The fourth-order valence-electron chi connectivity index (χ4n) is 1.94. The summed E-state index contributed by atoms with van der Waals surface area (Å²) >= 11 is 1.66. The average molecular weight is 259 g/mol. The van der Waals surface area contributed by atoms with E-state index in [0.29, 0.717) is 6.54 Å². The van der Waals surface area contributed by atoms with Gasteiger partial charge in [0.1, 0.15) is 0 Å². The lowest BCUT2D eigenvalue weighted by Gasteiger charge is -2.07. The molecule has 94 valence electrons. The topological polar surface area (TPSA) is 29.1 Å². The van der Waals surface area contributed by atoms with E-state index in [1.807, 2.05) is 38.1 Å². The van der Waals surface area contributed by atoms with Gasteiger partial charge in [0.05, 0.1) is 5.56 Å². The first-order valence-electron chi connectivity index (χ1n) is 5.97. The smallest absolute Gasteiger partial charge is 0.252 e. The van der Waals surface area contributed by atoms with Crippen LogP contribution in [0.5, 0.6) is 0 Å². The molecule has 0 aliphatic carbocycles. The van der Waals surface area contributed by atoms with Crippen LogP contribution in [0.1, 0.15) is 31.2 Å². The molecule has 0 radical (unpaired) electrons. The van der Waals surface area contributed by atoms with Crippen molar-refractivity contribution in [2.75, 3.05) is 0 Å². The molecule has 3 heteroatoms. The summed E-state index contributed by atoms with van der Waals surface area (Å²) in [6.45, 7) is 6.65. The third-order valence-electron chi connectivity index (χ3n) is 2.99. The van der Waals surface area contributed by atoms with Crippen LogP contribution >= 0.6 is 11.3 Å². The molecule has 2 nitrogen and oxygen atoms in total. The van der Waals surface area contributed by atoms with Crippen molar-refractivity contribution >= 4 is 17.2 Å². The molecule has 1 N–H and O–H groups in total. The van der Waals surface area contributed by atoms with Crippen LogP contribution < -0.4 is 5.32 Å². The number of hydrogen-bond donors (Lipinski definition) is 1. The largest absolute Gasteiger partial charge is 0.348 e. The standard InChI is InChI=1S/C15H17NOS/c1-10-6-4-5-7-13(10)9-16-15(17)14-8-11(2)18-12(14)3/h4-8H,9H2,1-3H3,(H,16,17). The van der Waals surface area contributed by atoms with Crippen molar-refractivity contribution in [2.24, 2.45) is 0 Å². The van der Waals surface area contributed by atoms with Gasteiger partial charge in [-0.05, 0) is 38.0 Å². The molecule has 0 saturated heterocycles. The fraction of sp³-hybridized carbons (Fsp3) is 0.267. The number of hydrogen-bond acceptors (Lipinski definition) is 2. The highest BCUT2D eigenvalue weighted by molar-refractivity contribution is 7.12. The van der Waals surface area contributed by atoms with Crippen molar-refractivity contribution in [3.63, 3.8) is 0 Å². The van der Waals surface area contributed by atoms with Gasteiger partial charge in [0.15, 0.2) is 0 Å². The van der Waals surface area contributed by atoms with Gasteiger partial charge < -0.3 is 5.32 Å². The van der Waals surface area contributed by atoms with Crippen LogP contribution in [0, 0.1) is 20.8 Å². The molecule has 1 aromatic carbocycles. The summed E-state index contributed by atoms with van der Waals surface area (Å²) in [6.07, 6.45) is 0. The predicted molar refractivity (Wildman–Crippen MR) is 76.1 cm³/mol. The van der Waals surface area contributed by atoms with Gasteiger partial charge in [0.25, 0.3) is 5.91 Å². The van der Waals surface area contributed by atoms with E-state index >= 15 is 0 Å². The normalized spacial score (nSPS) is 10.4. The van der Waals surface area contributed by atoms with Gasteiger partial charge in [-0.3, -0.25) is 4.79 Å². The first kappa shape index (κ1) is 12.8. The summed E-state index contributed by atoms with van der Waals surface area (Å²) in [6, 6.07) is 10.1. The number of carbonyl (C=O) groups excluding carboxylic acids is 1. The zero-order valence-electron chi connectivity index (χ0n) is 10.9. The van der Waals surface area contributed by atoms with Crippen LogP contribution in [0.3, 0.4) is 0 Å². The Morgan fingerprint density at radius 2 is 1.94 bits per heavy atom. The lowest BCUT2D eigenvalue weighted by molar-refractivity contribution is 0.0951. The van der Waals surface area contributed by atoms with Crippen molar-refractivity contribution in [1.29, 1.82) is 0 Å². The van der Waals surface area contributed by atoms with E-state index < -0.39 is 0 Å². The van der Waals surface area contributed by atoms with Crippen LogP contribution in [0.25, 0.3) is 0 Å². The first-order valence-corrected chi connectivity index (χ1v) is 6.79. The quantitative estimate of drug-likeness (QED) is 0.896. The molecule has 2 rings (SSSR count). The van der Waals surface area contributed by atoms with E-state index in [0.717, 1.165) is 16.0 Å². The Bertz CT molecular complexity index is 572. The average Bonchev–Trinajstić information content (AvgIpc) is 2.67. The molecule has 0 aliphatic heterocycles. The maximum Gasteiger partial charge on any atom is 0.252 e. The molecule has 1 heterocycles. The van der Waals surface area contributed by atoms with E-state index in [1.165, 1.54) is 10.4 Å². The Balaban J connectivity index is 2.05. The third kappa shape index (κ3) is 2.79. The Morgan fingerprint density at radius 3 is 2.56 bits per heavy atom. The van der Waals surface area contributed by atoms with Gasteiger partial charge in [-0.15, -0.1) is 11.3 Å². The van der Waals surface area contributed by atoms with Crippen molar-refractivity contribution in [3.8, 4) is 0 Å². The van der Waals surface area contributed by atoms with Gasteiger partial charge in [0.2, 0.25) is 0 Å². The molecule has 1 aromatic heterocycles. The zero-order chi connectivity index (χ0) is 13.1. The lowest BCUT2D eigenvalue weighted by atomic mass is 10.1. The number of rotatable bonds is 3. The third-order valence-corrected chi connectivity index (χ3v) is 3.95. The molecular weight excluding hydrogens is 242 g/mol. The highest BCUT2D eigenvalue weighted by Crippen LogP contribution is 2.20. The number of aryl methyl sites for hydroxylation is 3. The minimum atomic E-state index is 0.0140. The Kier molecular flexibility index (Phi) is 3.82. The van der Waals surface area contributed by atoms with Crippen LogP contribution in [0.2, 0.25) is 0 Å². The molecule has 18 heavy (non-hydrogen) atoms. The van der Waals surface area contributed by atoms with Gasteiger partial charge in [-0.25, -0.2) is 0 Å². The second kappa shape index (κ2) is 5.36. The summed E-state index contributed by atoms with van der Waals surface area (Å²) < 4.78 is 0. The van der Waals surface area contributed by atoms with Gasteiger partial charge in [-0.1, -0.05) is 24.3 Å². The SMILES string of the molecule is Cc1cc(C(=O)NCc2ccccc2C)c(C)s1. The second-order valence-electron chi connectivity index (χ2n) is 4.44. The minimum Gasteiger partial charge on any atom is -0.348 e. The van der Waals surface area contributed by atoms with E-state index in [4.69, 9.17) is 0 Å². The van der Waals surface area contributed by atoms with E-state index in [2.05, 4.69) is 18.3 Å². The second-order valence-corrected chi connectivity index (χ2v) is 5.90. The van der Waals surface area contributed by atoms with Crippen molar-refractivity contribution in [2.45, 2.75) is 27.3 Å². The van der Waals surface area contributed by atoms with E-state index in [9.17, 15) is 4.79 Å². The molecule has 0 spiro atoms. The Morgan fingerprint density at radius 1 is 1.22 bits per heavy atom. The maximum absolute atomic E-state index is 12.1. The number of carbonyl (C=O) groups is 1. The monoisotopic (exact) mass is 259 g/mol. The van der Waals surface area contributed by atoms with Gasteiger partial charge in [0, 0.05) is 16.3 Å². The Labute approximate surface area is 112 Å². The van der Waals surface area contributed by atoms with Crippen LogP contribution in [-0.2, 0) is 6.54 Å². The van der Waals surface area contributed by atoms with Gasteiger partial charge in [-0.2, -0.15) is 0 Å².